The van der Waals surface area contributed by atoms with Gasteiger partial charge in [0.1, 0.15) is 6.54 Å². The van der Waals surface area contributed by atoms with Crippen molar-refractivity contribution in [2.75, 3.05) is 29.5 Å². The number of benzene rings is 2. The highest BCUT2D eigenvalue weighted by atomic mass is 35.5. The number of nitrogens with zero attached hydrogens (tertiary/aromatic N) is 2. The summed E-state index contributed by atoms with van der Waals surface area (Å²) in [5.41, 5.74) is 9.47. The van der Waals surface area contributed by atoms with E-state index in [4.69, 9.17) is 11.6 Å². The zero-order valence-corrected chi connectivity index (χ0v) is 31.0. The number of hydrogen-bond acceptors (Lipinski definition) is 5. The van der Waals surface area contributed by atoms with Crippen LogP contribution in [0.3, 0.4) is 0 Å². The third-order valence-electron chi connectivity index (χ3n) is 10.3. The molecule has 0 saturated heterocycles. The minimum Gasteiger partial charge on any atom is -0.772 e. The standard InChI is InChI=1S/C38H49ClN2O5S2/c1-37(2)30-16-5-7-18-32(30)40(24-9-11-26-47(42)43)34(37)22-20-28-14-13-15-29(36(28)39)21-23-35-38(3,4)31-17-6-8-19-33(31)41(35)25-10-12-27-48(44,45)46/h5-8,16-19,21,23H,9-15,20,22,24-27H2,1-4H3,(H-,42,43,44,45,46)/b29-21+,35-23-. The Bertz CT molecular complexity index is 1790. The van der Waals surface area contributed by atoms with Gasteiger partial charge in [-0.2, -0.15) is 13.0 Å². The molecule has 0 bridgehead atoms. The van der Waals surface area contributed by atoms with E-state index in [1.165, 1.54) is 28.1 Å². The van der Waals surface area contributed by atoms with Crippen molar-refractivity contribution in [1.82, 2.24) is 0 Å². The van der Waals surface area contributed by atoms with E-state index >= 15 is 0 Å². The lowest BCUT2D eigenvalue weighted by Crippen LogP contribution is -2.30. The topological polar surface area (TPSA) is 101 Å². The van der Waals surface area contributed by atoms with Crippen LogP contribution in [0.4, 0.5) is 11.4 Å². The lowest BCUT2D eigenvalue weighted by Gasteiger charge is -2.27. The number of anilines is 1. The Morgan fingerprint density at radius 1 is 0.938 bits per heavy atom. The van der Waals surface area contributed by atoms with Gasteiger partial charge in [-0.1, -0.05) is 84.6 Å². The van der Waals surface area contributed by atoms with Gasteiger partial charge in [0.2, 0.25) is 5.69 Å². The van der Waals surface area contributed by atoms with Gasteiger partial charge in [-0.25, -0.2) is 0 Å². The average Bonchev–Trinajstić information content (AvgIpc) is 3.38. The highest BCUT2D eigenvalue weighted by molar-refractivity contribution is 7.85. The van der Waals surface area contributed by atoms with Gasteiger partial charge >= 0.3 is 0 Å². The summed E-state index contributed by atoms with van der Waals surface area (Å²) in [4.78, 5) is 2.29. The SMILES string of the molecule is CC1(C)C(CCC2=C(Cl)/C(=C/C=C3\N(CCCCS(=O)(=O)O)c4ccccc4C3(C)C)CCC2)=[N+](CCCCS(=O)[O-])c2ccccc21. The second kappa shape index (κ2) is 15.1. The van der Waals surface area contributed by atoms with Crippen molar-refractivity contribution in [2.24, 2.45) is 0 Å². The number of unbranched alkanes of at least 4 members (excludes halogenated alkanes) is 2. The molecule has 2 aliphatic heterocycles. The van der Waals surface area contributed by atoms with Crippen molar-refractivity contribution in [3.8, 4) is 0 Å². The van der Waals surface area contributed by atoms with Gasteiger partial charge in [0.25, 0.3) is 10.1 Å². The summed E-state index contributed by atoms with van der Waals surface area (Å²) in [5, 5.41) is 0.865. The second-order valence-corrected chi connectivity index (χ2v) is 17.2. The third kappa shape index (κ3) is 8.07. The first-order valence-corrected chi connectivity index (χ1v) is 20.4. The first kappa shape index (κ1) is 36.7. The fourth-order valence-corrected chi connectivity index (χ4v) is 9.14. The molecule has 2 heterocycles. The van der Waals surface area contributed by atoms with Crippen molar-refractivity contribution in [1.29, 1.82) is 0 Å². The summed E-state index contributed by atoms with van der Waals surface area (Å²) >= 11 is 5.18. The van der Waals surface area contributed by atoms with E-state index in [1.807, 2.05) is 6.07 Å². The fourth-order valence-electron chi connectivity index (χ4n) is 7.78. The normalized spacial score (nSPS) is 20.9. The molecule has 0 amide bonds. The molecule has 3 aliphatic rings. The predicted molar refractivity (Wildman–Crippen MR) is 197 cm³/mol. The van der Waals surface area contributed by atoms with E-state index < -0.39 is 21.2 Å². The van der Waals surface area contributed by atoms with Crippen molar-refractivity contribution in [2.45, 2.75) is 96.3 Å². The Kier molecular flexibility index (Phi) is 11.6. The number of halogens is 1. The summed E-state index contributed by atoms with van der Waals surface area (Å²) in [6.45, 7) is 10.5. The molecule has 0 saturated carbocycles. The van der Waals surface area contributed by atoms with E-state index in [9.17, 15) is 21.7 Å². The number of allylic oxidation sites excluding steroid dienone is 6. The Hall–Kier alpha value is -2.56. The van der Waals surface area contributed by atoms with Crippen LogP contribution in [0, 0.1) is 0 Å². The summed E-state index contributed by atoms with van der Waals surface area (Å²) in [7, 11) is -3.98. The molecule has 10 heteroatoms. The minimum atomic E-state index is -3.98. The van der Waals surface area contributed by atoms with E-state index in [2.05, 4.69) is 91.8 Å². The average molecular weight is 713 g/mol. The van der Waals surface area contributed by atoms with E-state index in [0.717, 1.165) is 67.1 Å². The largest absolute Gasteiger partial charge is 0.772 e. The fraction of sp³-hybridized carbons (Fsp3) is 0.500. The Balaban J connectivity index is 1.38. The second-order valence-electron chi connectivity index (χ2n) is 14.3. The molecule has 1 N–H and O–H groups in total. The molecule has 0 aromatic heterocycles. The molecule has 7 nitrogen and oxygen atoms in total. The zero-order chi connectivity index (χ0) is 34.7. The van der Waals surface area contributed by atoms with Crippen LogP contribution in [0.5, 0.6) is 0 Å². The van der Waals surface area contributed by atoms with Gasteiger partial charge in [0.15, 0.2) is 5.71 Å². The highest BCUT2D eigenvalue weighted by Gasteiger charge is 2.45. The molecule has 2 aromatic rings. The first-order chi connectivity index (χ1) is 22.7. The molecular weight excluding hydrogens is 664 g/mol. The summed E-state index contributed by atoms with van der Waals surface area (Å²) in [6, 6.07) is 16.9. The van der Waals surface area contributed by atoms with Crippen LogP contribution in [0.15, 0.2) is 82.6 Å². The van der Waals surface area contributed by atoms with Gasteiger partial charge in [0, 0.05) is 58.6 Å². The quantitative estimate of drug-likeness (QED) is 0.0913. The van der Waals surface area contributed by atoms with E-state index in [1.54, 1.807) is 0 Å². The van der Waals surface area contributed by atoms with Gasteiger partial charge in [0.05, 0.1) is 11.2 Å². The van der Waals surface area contributed by atoms with Gasteiger partial charge in [-0.05, 0) is 82.1 Å². The molecule has 5 rings (SSSR count). The van der Waals surface area contributed by atoms with Gasteiger partial charge in [-0.15, -0.1) is 0 Å². The van der Waals surface area contributed by atoms with Crippen LogP contribution < -0.4 is 4.90 Å². The summed E-state index contributed by atoms with van der Waals surface area (Å²) in [6.07, 6.45) is 11.5. The number of para-hydroxylation sites is 2. The maximum Gasteiger partial charge on any atom is 0.264 e. The monoisotopic (exact) mass is 712 g/mol. The molecule has 260 valence electrons. The lowest BCUT2D eigenvalue weighted by molar-refractivity contribution is -0.440. The van der Waals surface area contributed by atoms with Crippen molar-refractivity contribution < 1.29 is 26.3 Å². The highest BCUT2D eigenvalue weighted by Crippen LogP contribution is 2.48. The van der Waals surface area contributed by atoms with Crippen molar-refractivity contribution in [3.05, 3.63) is 93.7 Å². The van der Waals surface area contributed by atoms with Crippen LogP contribution in [-0.2, 0) is 32.0 Å². The maximum absolute atomic E-state index is 11.3. The first-order valence-electron chi connectivity index (χ1n) is 17.1. The maximum atomic E-state index is 11.3. The Morgan fingerprint density at radius 2 is 1.65 bits per heavy atom. The lowest BCUT2D eigenvalue weighted by atomic mass is 9.79. The molecule has 48 heavy (non-hydrogen) atoms. The Labute approximate surface area is 294 Å². The van der Waals surface area contributed by atoms with Crippen molar-refractivity contribution in [3.63, 3.8) is 0 Å². The zero-order valence-electron chi connectivity index (χ0n) is 28.6. The summed E-state index contributed by atoms with van der Waals surface area (Å²) < 4.78 is 56.5. The molecule has 1 unspecified atom stereocenters. The molecule has 1 atom stereocenters. The summed E-state index contributed by atoms with van der Waals surface area (Å²) in [5.74, 6) is -0.0427. The van der Waals surface area contributed by atoms with Crippen LogP contribution in [0.25, 0.3) is 0 Å². The molecule has 0 fully saturated rings. The number of fused-ring (bicyclic) bond motifs is 2. The van der Waals surface area contributed by atoms with Gasteiger partial charge in [-0.3, -0.25) is 8.76 Å². The smallest absolute Gasteiger partial charge is 0.264 e. The Morgan fingerprint density at radius 3 is 2.38 bits per heavy atom. The minimum absolute atomic E-state index is 0.128. The number of hydrogen-bond donors (Lipinski definition) is 1. The van der Waals surface area contributed by atoms with Crippen LogP contribution in [0.2, 0.25) is 0 Å². The van der Waals surface area contributed by atoms with E-state index in [0.29, 0.717) is 25.8 Å². The molecule has 2 aromatic carbocycles. The van der Waals surface area contributed by atoms with Gasteiger partial charge < -0.3 is 9.45 Å². The van der Waals surface area contributed by atoms with E-state index in [-0.39, 0.29) is 22.3 Å². The third-order valence-corrected chi connectivity index (χ3v) is 12.3. The number of rotatable bonds is 14. The van der Waals surface area contributed by atoms with Crippen molar-refractivity contribution >= 4 is 49.9 Å². The van der Waals surface area contributed by atoms with Crippen LogP contribution in [-0.4, -0.2) is 56.6 Å². The predicted octanol–water partition coefficient (Wildman–Crippen LogP) is 8.46. The van der Waals surface area contributed by atoms with Crippen LogP contribution in [0.1, 0.15) is 96.6 Å². The molecule has 1 aliphatic carbocycles. The molecular formula is C38H49ClN2O5S2. The molecule has 0 radical (unpaired) electrons. The van der Waals surface area contributed by atoms with Crippen LogP contribution >= 0.6 is 11.6 Å². The molecule has 0 spiro atoms.